The fraction of sp³-hybridized carbons (Fsp3) is 0.188. The van der Waals surface area contributed by atoms with Gasteiger partial charge in [-0.15, -0.1) is 0 Å². The second-order valence-corrected chi connectivity index (χ2v) is 9.39. The summed E-state index contributed by atoms with van der Waals surface area (Å²) in [6, 6.07) is 27.9. The van der Waals surface area contributed by atoms with E-state index in [1.807, 2.05) is 91.9 Å². The van der Waals surface area contributed by atoms with Crippen molar-refractivity contribution in [1.29, 1.82) is 0 Å². The van der Waals surface area contributed by atoms with Crippen molar-refractivity contribution in [2.24, 2.45) is 0 Å². The summed E-state index contributed by atoms with van der Waals surface area (Å²) in [5, 5.41) is 13.3. The number of hydrogen-bond donors (Lipinski definition) is 1. The van der Waals surface area contributed by atoms with Crippen molar-refractivity contribution >= 4 is 28.2 Å². The number of likely N-dealkylation sites (tertiary alicyclic amines) is 1. The van der Waals surface area contributed by atoms with Crippen molar-refractivity contribution in [3.63, 3.8) is 0 Å². The first-order valence-electron chi connectivity index (χ1n) is 12.5. The summed E-state index contributed by atoms with van der Waals surface area (Å²) in [5.41, 5.74) is 3.41. The Morgan fingerprint density at radius 2 is 1.66 bits per heavy atom. The van der Waals surface area contributed by atoms with Crippen molar-refractivity contribution in [2.45, 2.75) is 19.6 Å². The van der Waals surface area contributed by atoms with E-state index < -0.39 is 17.7 Å². The lowest BCUT2D eigenvalue weighted by molar-refractivity contribution is -0.140. The van der Waals surface area contributed by atoms with Gasteiger partial charge in [-0.25, -0.2) is 0 Å². The molecule has 1 N–H and O–H groups in total. The van der Waals surface area contributed by atoms with Crippen molar-refractivity contribution in [1.82, 2.24) is 4.90 Å². The number of carbonyl (C=O) groups is 2. The number of fused-ring (bicyclic) bond motifs is 1. The fourth-order valence-corrected chi connectivity index (χ4v) is 4.76. The highest BCUT2D eigenvalue weighted by atomic mass is 16.5. The van der Waals surface area contributed by atoms with E-state index >= 15 is 0 Å². The third kappa shape index (κ3) is 5.04. The number of carbonyl (C=O) groups excluding carboxylic acids is 2. The normalized spacial score (nSPS) is 16.8. The van der Waals surface area contributed by atoms with Crippen LogP contribution in [0.2, 0.25) is 0 Å². The number of aryl methyl sites for hydroxylation is 1. The Bertz CT molecular complexity index is 1520. The SMILES string of the molecule is COCCN1C(=O)C(=O)/C(=C(\O)c2ccc3ccccc3c2)C1c1cccc(OCc2ccc(C)cc2)c1. The number of ether oxygens (including phenoxy) is 2. The Balaban J connectivity index is 1.54. The zero-order valence-electron chi connectivity index (χ0n) is 21.4. The molecule has 4 aromatic rings. The molecule has 0 radical (unpaired) electrons. The molecule has 0 saturated carbocycles. The van der Waals surface area contributed by atoms with Crippen LogP contribution in [0.4, 0.5) is 0 Å². The number of ketones is 1. The van der Waals surface area contributed by atoms with Crippen molar-refractivity contribution in [3.8, 4) is 5.75 Å². The summed E-state index contributed by atoms with van der Waals surface area (Å²) >= 11 is 0. The molecule has 6 nitrogen and oxygen atoms in total. The first-order chi connectivity index (χ1) is 18.5. The van der Waals surface area contributed by atoms with Crippen molar-refractivity contribution < 1.29 is 24.2 Å². The van der Waals surface area contributed by atoms with Gasteiger partial charge in [0, 0.05) is 19.2 Å². The molecule has 1 heterocycles. The van der Waals surface area contributed by atoms with Crippen LogP contribution >= 0.6 is 0 Å². The van der Waals surface area contributed by atoms with E-state index in [1.165, 1.54) is 10.5 Å². The molecule has 1 fully saturated rings. The van der Waals surface area contributed by atoms with Gasteiger partial charge in [-0.1, -0.05) is 78.4 Å². The van der Waals surface area contributed by atoms with Crippen LogP contribution in [0.5, 0.6) is 5.75 Å². The summed E-state index contributed by atoms with van der Waals surface area (Å²) in [6.07, 6.45) is 0. The topological polar surface area (TPSA) is 76.1 Å². The highest BCUT2D eigenvalue weighted by Gasteiger charge is 2.46. The lowest BCUT2D eigenvalue weighted by atomic mass is 9.94. The zero-order chi connectivity index (χ0) is 26.6. The van der Waals surface area contributed by atoms with E-state index in [0.717, 1.165) is 16.3 Å². The number of rotatable bonds is 8. The minimum atomic E-state index is -0.778. The van der Waals surface area contributed by atoms with Gasteiger partial charge in [0.25, 0.3) is 11.7 Å². The fourth-order valence-electron chi connectivity index (χ4n) is 4.76. The lowest BCUT2D eigenvalue weighted by Crippen LogP contribution is -2.32. The first-order valence-corrected chi connectivity index (χ1v) is 12.5. The molecule has 0 spiro atoms. The van der Waals surface area contributed by atoms with Gasteiger partial charge in [0.05, 0.1) is 18.2 Å². The Morgan fingerprint density at radius 1 is 0.895 bits per heavy atom. The number of Topliss-reactive ketones (excluding diaryl/α,β-unsaturated/α-hetero) is 1. The van der Waals surface area contributed by atoms with Crippen LogP contribution in [0.25, 0.3) is 16.5 Å². The molecule has 6 heteroatoms. The second-order valence-electron chi connectivity index (χ2n) is 9.39. The summed E-state index contributed by atoms with van der Waals surface area (Å²) in [7, 11) is 1.54. The molecule has 4 aromatic carbocycles. The number of methoxy groups -OCH3 is 1. The minimum absolute atomic E-state index is 0.0528. The first kappa shape index (κ1) is 25.2. The smallest absolute Gasteiger partial charge is 0.295 e. The Hall–Kier alpha value is -4.42. The third-order valence-corrected chi connectivity index (χ3v) is 6.80. The predicted octanol–water partition coefficient (Wildman–Crippen LogP) is 5.80. The summed E-state index contributed by atoms with van der Waals surface area (Å²) in [4.78, 5) is 27.9. The average molecular weight is 508 g/mol. The molecular formula is C32H29NO5. The molecule has 0 aromatic heterocycles. The van der Waals surface area contributed by atoms with E-state index in [0.29, 0.717) is 23.5 Å². The molecule has 0 bridgehead atoms. The van der Waals surface area contributed by atoms with Gasteiger partial charge in [0.15, 0.2) is 0 Å². The van der Waals surface area contributed by atoms with Gasteiger partial charge < -0.3 is 19.5 Å². The molecule has 1 aliphatic heterocycles. The van der Waals surface area contributed by atoms with E-state index in [-0.39, 0.29) is 24.5 Å². The number of benzene rings is 4. The van der Waals surface area contributed by atoms with Crippen LogP contribution in [0.3, 0.4) is 0 Å². The standard InChI is InChI=1S/C32H29NO5/c1-21-10-12-22(13-11-21)20-38-27-9-5-8-25(19-27)29-28(31(35)32(36)33(29)16-17-37-2)30(34)26-15-14-23-6-3-4-7-24(23)18-26/h3-15,18-19,29,34H,16-17,20H2,1-2H3/b30-28-. The number of aliphatic hydroxyl groups is 1. The molecule has 1 amide bonds. The number of hydrogen-bond acceptors (Lipinski definition) is 5. The zero-order valence-corrected chi connectivity index (χ0v) is 21.4. The Morgan fingerprint density at radius 3 is 2.42 bits per heavy atom. The Kier molecular flexibility index (Phi) is 7.24. The van der Waals surface area contributed by atoms with Crippen LogP contribution in [-0.4, -0.2) is 42.0 Å². The molecule has 192 valence electrons. The third-order valence-electron chi connectivity index (χ3n) is 6.80. The van der Waals surface area contributed by atoms with Gasteiger partial charge in [0.1, 0.15) is 18.1 Å². The number of amides is 1. The number of nitrogens with zero attached hydrogens (tertiary/aromatic N) is 1. The quantitative estimate of drug-likeness (QED) is 0.185. The molecular weight excluding hydrogens is 478 g/mol. The summed E-state index contributed by atoms with van der Waals surface area (Å²) in [6.45, 7) is 2.87. The minimum Gasteiger partial charge on any atom is -0.507 e. The van der Waals surface area contributed by atoms with Crippen molar-refractivity contribution in [2.75, 3.05) is 20.3 Å². The molecule has 5 rings (SSSR count). The molecule has 38 heavy (non-hydrogen) atoms. The number of aliphatic hydroxyl groups excluding tert-OH is 1. The highest BCUT2D eigenvalue weighted by Crippen LogP contribution is 2.40. The van der Waals surface area contributed by atoms with E-state index in [9.17, 15) is 14.7 Å². The monoisotopic (exact) mass is 507 g/mol. The van der Waals surface area contributed by atoms with Crippen LogP contribution < -0.4 is 4.74 Å². The van der Waals surface area contributed by atoms with Crippen molar-refractivity contribution in [3.05, 3.63) is 119 Å². The molecule has 1 atom stereocenters. The summed E-state index contributed by atoms with van der Waals surface area (Å²) in [5.74, 6) is -0.987. The summed E-state index contributed by atoms with van der Waals surface area (Å²) < 4.78 is 11.3. The van der Waals surface area contributed by atoms with E-state index in [4.69, 9.17) is 9.47 Å². The highest BCUT2D eigenvalue weighted by molar-refractivity contribution is 6.46. The maximum Gasteiger partial charge on any atom is 0.295 e. The predicted molar refractivity (Wildman–Crippen MR) is 147 cm³/mol. The van der Waals surface area contributed by atoms with E-state index in [2.05, 4.69) is 0 Å². The van der Waals surface area contributed by atoms with Crippen LogP contribution in [0, 0.1) is 6.92 Å². The van der Waals surface area contributed by atoms with Gasteiger partial charge in [-0.2, -0.15) is 0 Å². The maximum absolute atomic E-state index is 13.3. The Labute approximate surface area is 221 Å². The van der Waals surface area contributed by atoms with Crippen LogP contribution in [0.15, 0.2) is 96.6 Å². The maximum atomic E-state index is 13.3. The van der Waals surface area contributed by atoms with Gasteiger partial charge in [-0.3, -0.25) is 9.59 Å². The largest absolute Gasteiger partial charge is 0.507 e. The molecule has 0 aliphatic carbocycles. The molecule has 1 unspecified atom stereocenters. The van der Waals surface area contributed by atoms with E-state index in [1.54, 1.807) is 13.2 Å². The van der Waals surface area contributed by atoms with Gasteiger partial charge in [0.2, 0.25) is 0 Å². The lowest BCUT2D eigenvalue weighted by Gasteiger charge is -2.25. The van der Waals surface area contributed by atoms with Crippen LogP contribution in [-0.2, 0) is 20.9 Å². The average Bonchev–Trinajstić information content (AvgIpc) is 3.20. The molecule has 1 saturated heterocycles. The van der Waals surface area contributed by atoms with Gasteiger partial charge >= 0.3 is 0 Å². The van der Waals surface area contributed by atoms with Gasteiger partial charge in [-0.05, 0) is 47.0 Å². The second kappa shape index (κ2) is 10.9. The molecule has 1 aliphatic rings. The van der Waals surface area contributed by atoms with Crippen LogP contribution in [0.1, 0.15) is 28.3 Å².